The Kier molecular flexibility index (Phi) is 4.25. The maximum absolute atomic E-state index is 4.81. The van der Waals surface area contributed by atoms with Crippen molar-refractivity contribution < 1.29 is 0 Å². The van der Waals surface area contributed by atoms with Crippen molar-refractivity contribution in [3.05, 3.63) is 17.5 Å². The Labute approximate surface area is 105 Å². The van der Waals surface area contributed by atoms with Crippen molar-refractivity contribution in [1.29, 1.82) is 0 Å². The smallest absolute Gasteiger partial charge is 0.0624 e. The lowest BCUT2D eigenvalue weighted by molar-refractivity contribution is 0.243. The van der Waals surface area contributed by atoms with E-state index in [1.54, 1.807) is 0 Å². The minimum Gasteiger partial charge on any atom is -0.266 e. The molecule has 2 rings (SSSR count). The summed E-state index contributed by atoms with van der Waals surface area (Å²) in [6, 6.07) is 2.97. The molecule has 17 heavy (non-hydrogen) atoms. The van der Waals surface area contributed by atoms with Crippen molar-refractivity contribution >= 4 is 0 Å². The van der Waals surface area contributed by atoms with Crippen LogP contribution in [-0.2, 0) is 12.8 Å². The van der Waals surface area contributed by atoms with Crippen LogP contribution < -0.4 is 0 Å². The number of nitrogens with zero attached hydrogens (tertiary/aromatic N) is 2. The predicted molar refractivity (Wildman–Crippen MR) is 72.3 cm³/mol. The van der Waals surface area contributed by atoms with Crippen molar-refractivity contribution in [2.45, 2.75) is 71.8 Å². The average Bonchev–Trinajstić information content (AvgIpc) is 2.82. The van der Waals surface area contributed by atoms with Gasteiger partial charge in [0.05, 0.1) is 11.7 Å². The van der Waals surface area contributed by atoms with E-state index in [-0.39, 0.29) is 0 Å². The number of aromatic nitrogens is 2. The van der Waals surface area contributed by atoms with E-state index >= 15 is 0 Å². The van der Waals surface area contributed by atoms with Gasteiger partial charge in [0.25, 0.3) is 0 Å². The van der Waals surface area contributed by atoms with E-state index < -0.39 is 0 Å². The zero-order valence-electron chi connectivity index (χ0n) is 11.6. The quantitative estimate of drug-likeness (QED) is 0.765. The zero-order chi connectivity index (χ0) is 12.3. The Morgan fingerprint density at radius 3 is 2.71 bits per heavy atom. The molecule has 0 N–H and O–H groups in total. The molecule has 0 aromatic carbocycles. The van der Waals surface area contributed by atoms with Gasteiger partial charge in [-0.2, -0.15) is 5.10 Å². The molecule has 1 aliphatic carbocycles. The first-order valence-electron chi connectivity index (χ1n) is 7.35. The maximum Gasteiger partial charge on any atom is 0.0624 e. The van der Waals surface area contributed by atoms with Crippen LogP contribution in [0.15, 0.2) is 6.07 Å². The normalized spacial score (nSPS) is 25.1. The summed E-state index contributed by atoms with van der Waals surface area (Å²) in [5, 5.41) is 4.81. The summed E-state index contributed by atoms with van der Waals surface area (Å²) in [7, 11) is 0. The third-order valence-electron chi connectivity index (χ3n) is 4.27. The van der Waals surface area contributed by atoms with Crippen LogP contribution in [0.3, 0.4) is 0 Å². The minimum absolute atomic E-state index is 0.670. The summed E-state index contributed by atoms with van der Waals surface area (Å²) in [4.78, 5) is 0. The summed E-state index contributed by atoms with van der Waals surface area (Å²) in [6.07, 6.45) is 8.98. The highest BCUT2D eigenvalue weighted by molar-refractivity contribution is 5.11. The summed E-state index contributed by atoms with van der Waals surface area (Å²) >= 11 is 0. The molecule has 0 spiro atoms. The molecule has 1 aromatic rings. The second-order valence-electron chi connectivity index (χ2n) is 5.37. The molecule has 0 radical (unpaired) electrons. The number of hydrogen-bond acceptors (Lipinski definition) is 1. The molecule has 0 bridgehead atoms. The first kappa shape index (κ1) is 12.7. The van der Waals surface area contributed by atoms with Gasteiger partial charge in [0.2, 0.25) is 0 Å². The van der Waals surface area contributed by atoms with Crippen LogP contribution in [0.2, 0.25) is 0 Å². The van der Waals surface area contributed by atoms with Crippen LogP contribution >= 0.6 is 0 Å². The Bertz CT molecular complexity index is 354. The van der Waals surface area contributed by atoms with Crippen LogP contribution in [-0.4, -0.2) is 9.78 Å². The van der Waals surface area contributed by atoms with E-state index in [0.29, 0.717) is 6.04 Å². The molecular formula is C15H26N2. The summed E-state index contributed by atoms with van der Waals surface area (Å²) < 4.78 is 2.35. The first-order valence-corrected chi connectivity index (χ1v) is 7.35. The largest absolute Gasteiger partial charge is 0.266 e. The molecule has 1 saturated carbocycles. The Hall–Kier alpha value is -0.790. The van der Waals surface area contributed by atoms with Gasteiger partial charge in [0.15, 0.2) is 0 Å². The van der Waals surface area contributed by atoms with E-state index in [0.717, 1.165) is 18.8 Å². The molecular weight excluding hydrogens is 208 g/mol. The number of aryl methyl sites for hydroxylation is 2. The molecule has 1 fully saturated rings. The van der Waals surface area contributed by atoms with Crippen LogP contribution in [0, 0.1) is 5.92 Å². The molecule has 1 heterocycles. The lowest BCUT2D eigenvalue weighted by Crippen LogP contribution is -2.21. The first-order chi connectivity index (χ1) is 8.28. The SMILES string of the molecule is CCc1cc(CC)n(C2CCCC(CC)C2)n1. The highest BCUT2D eigenvalue weighted by Crippen LogP contribution is 2.34. The van der Waals surface area contributed by atoms with Gasteiger partial charge in [-0.05, 0) is 37.7 Å². The maximum atomic E-state index is 4.81. The minimum atomic E-state index is 0.670. The zero-order valence-corrected chi connectivity index (χ0v) is 11.6. The predicted octanol–water partition coefficient (Wildman–Crippen LogP) is 4.15. The third kappa shape index (κ3) is 2.72. The van der Waals surface area contributed by atoms with Crippen LogP contribution in [0.1, 0.15) is 70.3 Å². The second-order valence-corrected chi connectivity index (χ2v) is 5.37. The van der Waals surface area contributed by atoms with Gasteiger partial charge < -0.3 is 0 Å². The molecule has 96 valence electrons. The molecule has 1 aliphatic rings. The fourth-order valence-corrected chi connectivity index (χ4v) is 3.10. The monoisotopic (exact) mass is 234 g/mol. The van der Waals surface area contributed by atoms with Crippen molar-refractivity contribution in [1.82, 2.24) is 9.78 Å². The molecule has 0 amide bonds. The van der Waals surface area contributed by atoms with E-state index in [9.17, 15) is 0 Å². The standard InChI is InChI=1S/C15H26N2/c1-4-12-8-7-9-15(10-12)17-14(6-3)11-13(5-2)16-17/h11-12,15H,4-10H2,1-3H3. The molecule has 2 nitrogen and oxygen atoms in total. The topological polar surface area (TPSA) is 17.8 Å². The van der Waals surface area contributed by atoms with Gasteiger partial charge in [0, 0.05) is 5.69 Å². The summed E-state index contributed by atoms with van der Waals surface area (Å²) in [5.41, 5.74) is 2.70. The lowest BCUT2D eigenvalue weighted by Gasteiger charge is -2.29. The number of rotatable bonds is 4. The van der Waals surface area contributed by atoms with Gasteiger partial charge in [0.1, 0.15) is 0 Å². The fraction of sp³-hybridized carbons (Fsp3) is 0.800. The lowest BCUT2D eigenvalue weighted by atomic mass is 9.84. The van der Waals surface area contributed by atoms with E-state index in [2.05, 4.69) is 31.5 Å². The third-order valence-corrected chi connectivity index (χ3v) is 4.27. The molecule has 0 saturated heterocycles. The summed E-state index contributed by atoms with van der Waals surface area (Å²) in [5.74, 6) is 0.924. The molecule has 2 atom stereocenters. The molecule has 2 unspecified atom stereocenters. The van der Waals surface area contributed by atoms with Gasteiger partial charge in [-0.3, -0.25) is 4.68 Å². The highest BCUT2D eigenvalue weighted by Gasteiger charge is 2.24. The van der Waals surface area contributed by atoms with Crippen LogP contribution in [0.25, 0.3) is 0 Å². The van der Waals surface area contributed by atoms with Crippen molar-refractivity contribution in [3.63, 3.8) is 0 Å². The summed E-state index contributed by atoms with van der Waals surface area (Å²) in [6.45, 7) is 6.77. The average molecular weight is 234 g/mol. The second kappa shape index (κ2) is 5.70. The van der Waals surface area contributed by atoms with E-state index in [4.69, 9.17) is 5.10 Å². The highest BCUT2D eigenvalue weighted by atomic mass is 15.3. The Morgan fingerprint density at radius 1 is 1.24 bits per heavy atom. The molecule has 1 aromatic heterocycles. The number of hydrogen-bond donors (Lipinski definition) is 0. The van der Waals surface area contributed by atoms with Crippen molar-refractivity contribution in [3.8, 4) is 0 Å². The van der Waals surface area contributed by atoms with Gasteiger partial charge in [-0.15, -0.1) is 0 Å². The van der Waals surface area contributed by atoms with Crippen molar-refractivity contribution in [2.24, 2.45) is 5.92 Å². The molecule has 2 heteroatoms. The van der Waals surface area contributed by atoms with Gasteiger partial charge >= 0.3 is 0 Å². The van der Waals surface area contributed by atoms with Crippen molar-refractivity contribution in [2.75, 3.05) is 0 Å². The Balaban J connectivity index is 2.17. The van der Waals surface area contributed by atoms with E-state index in [1.165, 1.54) is 43.5 Å². The fourth-order valence-electron chi connectivity index (χ4n) is 3.10. The van der Waals surface area contributed by atoms with Gasteiger partial charge in [-0.25, -0.2) is 0 Å². The van der Waals surface area contributed by atoms with Crippen LogP contribution in [0.5, 0.6) is 0 Å². The van der Waals surface area contributed by atoms with E-state index in [1.807, 2.05) is 0 Å². The Morgan fingerprint density at radius 2 is 2.06 bits per heavy atom. The van der Waals surface area contributed by atoms with Crippen LogP contribution in [0.4, 0.5) is 0 Å². The molecule has 0 aliphatic heterocycles. The van der Waals surface area contributed by atoms with Gasteiger partial charge in [-0.1, -0.05) is 40.0 Å².